The highest BCUT2D eigenvalue weighted by Crippen LogP contribution is 2.26. The summed E-state index contributed by atoms with van der Waals surface area (Å²) in [5.41, 5.74) is 1.44. The molecule has 1 atom stereocenters. The number of nitrogens with one attached hydrogen (secondary N) is 2. The summed E-state index contributed by atoms with van der Waals surface area (Å²) < 4.78 is 47.2. The van der Waals surface area contributed by atoms with E-state index in [4.69, 9.17) is 4.74 Å². The molecule has 2 amide bonds. The second kappa shape index (κ2) is 13.1. The van der Waals surface area contributed by atoms with Crippen molar-refractivity contribution < 1.29 is 27.1 Å². The predicted octanol–water partition coefficient (Wildman–Crippen LogP) is 5.55. The van der Waals surface area contributed by atoms with Gasteiger partial charge in [-0.15, -0.1) is 0 Å². The zero-order valence-corrected chi connectivity index (χ0v) is 23.4. The number of hydrogen-bond donors (Lipinski definition) is 2. The van der Waals surface area contributed by atoms with Gasteiger partial charge in [0.2, 0.25) is 5.91 Å². The molecule has 0 unspecified atom stereocenters. The van der Waals surface area contributed by atoms with Gasteiger partial charge in [-0.3, -0.25) is 13.9 Å². The van der Waals surface area contributed by atoms with Crippen molar-refractivity contribution in [1.29, 1.82) is 0 Å². The number of sulfonamides is 1. The predicted molar refractivity (Wildman–Crippen MR) is 156 cm³/mol. The molecule has 0 aromatic heterocycles. The molecule has 0 aliphatic heterocycles. The van der Waals surface area contributed by atoms with Crippen LogP contribution in [-0.4, -0.2) is 33.4 Å². The number of rotatable bonds is 11. The molecule has 4 rings (SSSR count). The summed E-state index contributed by atoms with van der Waals surface area (Å²) in [7, 11) is -4.24. The third-order valence-corrected chi connectivity index (χ3v) is 8.01. The highest BCUT2D eigenvalue weighted by molar-refractivity contribution is 7.92. The summed E-state index contributed by atoms with van der Waals surface area (Å²) in [4.78, 5) is 26.3. The van der Waals surface area contributed by atoms with Crippen molar-refractivity contribution in [2.24, 2.45) is 0 Å². The Labute approximate surface area is 238 Å². The van der Waals surface area contributed by atoms with E-state index in [2.05, 4.69) is 10.6 Å². The molecule has 0 saturated heterocycles. The van der Waals surface area contributed by atoms with Crippen LogP contribution in [0.5, 0.6) is 5.75 Å². The number of carbonyl (C=O) groups is 2. The van der Waals surface area contributed by atoms with Gasteiger partial charge >= 0.3 is 0 Å². The van der Waals surface area contributed by atoms with Crippen LogP contribution in [0.3, 0.4) is 0 Å². The minimum absolute atomic E-state index is 0.0762. The lowest BCUT2D eigenvalue weighted by Gasteiger charge is -2.24. The van der Waals surface area contributed by atoms with E-state index in [-0.39, 0.29) is 27.9 Å². The van der Waals surface area contributed by atoms with Crippen LogP contribution in [0.25, 0.3) is 0 Å². The number of halogens is 1. The van der Waals surface area contributed by atoms with Crippen molar-refractivity contribution in [3.05, 3.63) is 120 Å². The smallest absolute Gasteiger partial charge is 0.264 e. The van der Waals surface area contributed by atoms with E-state index in [1.807, 2.05) is 44.2 Å². The molecule has 0 saturated carbocycles. The van der Waals surface area contributed by atoms with Crippen molar-refractivity contribution in [1.82, 2.24) is 5.32 Å². The third kappa shape index (κ3) is 7.29. The molecule has 41 heavy (non-hydrogen) atoms. The summed E-state index contributed by atoms with van der Waals surface area (Å²) >= 11 is 0. The zero-order valence-electron chi connectivity index (χ0n) is 22.6. The molecule has 0 aliphatic carbocycles. The van der Waals surface area contributed by atoms with E-state index in [0.29, 0.717) is 12.4 Å². The molecule has 0 aliphatic rings. The largest absolute Gasteiger partial charge is 0.494 e. The monoisotopic (exact) mass is 575 g/mol. The fourth-order valence-corrected chi connectivity index (χ4v) is 5.55. The Morgan fingerprint density at radius 1 is 0.878 bits per heavy atom. The van der Waals surface area contributed by atoms with Gasteiger partial charge in [-0.05, 0) is 80.1 Å². The quantitative estimate of drug-likeness (QED) is 0.244. The number of ether oxygens (including phenoxy) is 1. The lowest BCUT2D eigenvalue weighted by Crippen LogP contribution is -2.38. The highest BCUT2D eigenvalue weighted by Gasteiger charge is 2.28. The van der Waals surface area contributed by atoms with Crippen LogP contribution >= 0.6 is 0 Å². The summed E-state index contributed by atoms with van der Waals surface area (Å²) in [6.07, 6.45) is 0. The van der Waals surface area contributed by atoms with Gasteiger partial charge in [-0.2, -0.15) is 0 Å². The summed E-state index contributed by atoms with van der Waals surface area (Å²) in [6.45, 7) is 3.45. The van der Waals surface area contributed by atoms with Gasteiger partial charge in [0.1, 0.15) is 18.1 Å². The average Bonchev–Trinajstić information content (AvgIpc) is 2.97. The maximum Gasteiger partial charge on any atom is 0.264 e. The van der Waals surface area contributed by atoms with Crippen molar-refractivity contribution in [2.75, 3.05) is 22.8 Å². The van der Waals surface area contributed by atoms with Gasteiger partial charge in [0.15, 0.2) is 0 Å². The van der Waals surface area contributed by atoms with E-state index in [1.54, 1.807) is 24.3 Å². The topological polar surface area (TPSA) is 105 Å². The second-order valence-corrected chi connectivity index (χ2v) is 11.0. The third-order valence-electron chi connectivity index (χ3n) is 6.22. The molecule has 8 nitrogen and oxygen atoms in total. The van der Waals surface area contributed by atoms with Gasteiger partial charge in [-0.1, -0.05) is 42.5 Å². The fourth-order valence-electron chi connectivity index (χ4n) is 4.13. The maximum absolute atomic E-state index is 13.7. The number of benzene rings is 4. The SMILES string of the molecule is CCOc1ccc(S(=O)(=O)N(CC(=O)Nc2ccccc2C(=O)N[C@H](C)c2ccccc2)c2ccc(F)cc2)cc1. The van der Waals surface area contributed by atoms with E-state index in [9.17, 15) is 22.4 Å². The van der Waals surface area contributed by atoms with Crippen LogP contribution in [0.1, 0.15) is 35.8 Å². The van der Waals surface area contributed by atoms with Gasteiger partial charge in [0.25, 0.3) is 15.9 Å². The minimum atomic E-state index is -4.24. The summed E-state index contributed by atoms with van der Waals surface area (Å²) in [5.74, 6) is -1.16. The number of anilines is 2. The molecule has 2 N–H and O–H groups in total. The first kappa shape index (κ1) is 29.3. The minimum Gasteiger partial charge on any atom is -0.494 e. The molecule has 0 heterocycles. The molecule has 0 bridgehead atoms. The highest BCUT2D eigenvalue weighted by atomic mass is 32.2. The molecule has 4 aromatic carbocycles. The lowest BCUT2D eigenvalue weighted by molar-refractivity contribution is -0.114. The molecule has 212 valence electrons. The molecule has 0 fully saturated rings. The van der Waals surface area contributed by atoms with Crippen molar-refractivity contribution >= 4 is 33.2 Å². The molecular formula is C31H30FN3O5S. The zero-order chi connectivity index (χ0) is 29.4. The number of hydrogen-bond acceptors (Lipinski definition) is 5. The maximum atomic E-state index is 13.7. The Kier molecular flexibility index (Phi) is 9.36. The van der Waals surface area contributed by atoms with Crippen LogP contribution in [0.2, 0.25) is 0 Å². The first-order chi connectivity index (χ1) is 19.7. The summed E-state index contributed by atoms with van der Waals surface area (Å²) in [5, 5.41) is 5.58. The van der Waals surface area contributed by atoms with Crippen LogP contribution in [0.4, 0.5) is 15.8 Å². The van der Waals surface area contributed by atoms with Crippen molar-refractivity contribution in [3.63, 3.8) is 0 Å². The van der Waals surface area contributed by atoms with Gasteiger partial charge in [0, 0.05) is 0 Å². The molecule has 0 spiro atoms. The Hall–Kier alpha value is -4.70. The van der Waals surface area contributed by atoms with E-state index in [0.717, 1.165) is 22.0 Å². The number of amides is 2. The second-order valence-electron chi connectivity index (χ2n) is 9.09. The van der Waals surface area contributed by atoms with E-state index < -0.39 is 34.2 Å². The first-order valence-corrected chi connectivity index (χ1v) is 14.4. The van der Waals surface area contributed by atoms with Crippen LogP contribution in [-0.2, 0) is 14.8 Å². The fraction of sp³-hybridized carbons (Fsp3) is 0.161. The molecule has 0 radical (unpaired) electrons. The van der Waals surface area contributed by atoms with Crippen LogP contribution < -0.4 is 19.7 Å². The van der Waals surface area contributed by atoms with Crippen molar-refractivity contribution in [2.45, 2.75) is 24.8 Å². The van der Waals surface area contributed by atoms with Gasteiger partial charge < -0.3 is 15.4 Å². The number of para-hydroxylation sites is 1. The Bertz CT molecular complexity index is 1600. The van der Waals surface area contributed by atoms with Crippen molar-refractivity contribution in [3.8, 4) is 5.75 Å². The lowest BCUT2D eigenvalue weighted by atomic mass is 10.1. The first-order valence-electron chi connectivity index (χ1n) is 12.9. The van der Waals surface area contributed by atoms with Crippen LogP contribution in [0.15, 0.2) is 108 Å². The molecular weight excluding hydrogens is 545 g/mol. The van der Waals surface area contributed by atoms with Crippen LogP contribution in [0, 0.1) is 5.82 Å². The van der Waals surface area contributed by atoms with E-state index >= 15 is 0 Å². The van der Waals surface area contributed by atoms with E-state index in [1.165, 1.54) is 36.4 Å². The molecule has 10 heteroatoms. The summed E-state index contributed by atoms with van der Waals surface area (Å²) in [6, 6.07) is 26.2. The Morgan fingerprint density at radius 3 is 2.17 bits per heavy atom. The standard InChI is InChI=1S/C31H30FN3O5S/c1-3-40-26-17-19-27(20-18-26)41(38,39)35(25-15-13-24(32)14-16-25)21-30(36)34-29-12-8-7-11-28(29)31(37)33-22(2)23-9-5-4-6-10-23/h4-20,22H,3,21H2,1-2H3,(H,33,37)(H,34,36)/t22-/m1/s1. The Morgan fingerprint density at radius 2 is 1.51 bits per heavy atom. The number of nitrogens with zero attached hydrogens (tertiary/aromatic N) is 1. The Balaban J connectivity index is 1.57. The normalized spacial score (nSPS) is 11.8. The average molecular weight is 576 g/mol. The number of carbonyl (C=O) groups excluding carboxylic acids is 2. The molecule has 4 aromatic rings. The van der Waals surface area contributed by atoms with Gasteiger partial charge in [-0.25, -0.2) is 12.8 Å². The van der Waals surface area contributed by atoms with Gasteiger partial charge in [0.05, 0.1) is 34.5 Å².